The number of hydrogen-bond donors (Lipinski definition) is 3. The second-order valence-electron chi connectivity index (χ2n) is 5.87. The van der Waals surface area contributed by atoms with Gasteiger partial charge < -0.3 is 29.5 Å². The zero-order valence-corrected chi connectivity index (χ0v) is 13.8. The van der Waals surface area contributed by atoms with Crippen LogP contribution in [0.15, 0.2) is 0 Å². The highest BCUT2D eigenvalue weighted by molar-refractivity contribution is 5.78. The van der Waals surface area contributed by atoms with Crippen molar-refractivity contribution in [2.75, 3.05) is 20.3 Å². The molecule has 4 unspecified atom stereocenters. The van der Waals surface area contributed by atoms with Gasteiger partial charge in [0.05, 0.1) is 38.6 Å². The summed E-state index contributed by atoms with van der Waals surface area (Å²) in [5.74, 6) is -1.03. The van der Waals surface area contributed by atoms with E-state index in [1.807, 2.05) is 0 Å². The molecule has 1 rings (SSSR count). The quantitative estimate of drug-likeness (QED) is 0.333. The van der Waals surface area contributed by atoms with Crippen molar-refractivity contribution in [3.63, 3.8) is 0 Å². The van der Waals surface area contributed by atoms with E-state index in [4.69, 9.17) is 25.7 Å². The lowest BCUT2D eigenvalue weighted by Gasteiger charge is -2.46. The van der Waals surface area contributed by atoms with Gasteiger partial charge in [-0.15, -0.1) is 12.3 Å². The van der Waals surface area contributed by atoms with Gasteiger partial charge in [-0.25, -0.2) is 4.79 Å². The van der Waals surface area contributed by atoms with E-state index in [0.29, 0.717) is 0 Å². The smallest absolute Gasteiger partial charge is 0.366 e. The first-order valence-corrected chi connectivity index (χ1v) is 7.63. The molecule has 1 aliphatic rings. The molecule has 0 spiro atoms. The number of methoxy groups -OCH3 is 1. The molecule has 23 heavy (non-hydrogen) atoms. The standard InChI is InChI=1S/C16H26O7/c1-5-6-7-22-16(15(20)21-4)8-12(18)10(2)14(23-16)11(3)13(19)9-17/h1,10-14,17-19H,6-9H2,2-4H3/t10?,11-,12?,13-,14?,16?/m1/s1. The van der Waals surface area contributed by atoms with Gasteiger partial charge in [0, 0.05) is 24.7 Å². The van der Waals surface area contributed by atoms with Crippen molar-refractivity contribution in [1.82, 2.24) is 0 Å². The third-order valence-electron chi connectivity index (χ3n) is 4.32. The van der Waals surface area contributed by atoms with E-state index in [-0.39, 0.29) is 25.4 Å². The van der Waals surface area contributed by atoms with Gasteiger partial charge in [0.1, 0.15) is 0 Å². The summed E-state index contributed by atoms with van der Waals surface area (Å²) in [5, 5.41) is 29.3. The Bertz CT molecular complexity index is 433. The fourth-order valence-corrected chi connectivity index (χ4v) is 2.74. The molecule has 0 radical (unpaired) electrons. The van der Waals surface area contributed by atoms with Crippen LogP contribution < -0.4 is 0 Å². The number of hydrogen-bond acceptors (Lipinski definition) is 7. The second-order valence-corrected chi connectivity index (χ2v) is 5.87. The fraction of sp³-hybridized carbons (Fsp3) is 0.812. The molecule has 1 aliphatic heterocycles. The van der Waals surface area contributed by atoms with Gasteiger partial charge in [0.25, 0.3) is 5.79 Å². The van der Waals surface area contributed by atoms with Crippen molar-refractivity contribution in [2.45, 2.75) is 50.8 Å². The van der Waals surface area contributed by atoms with E-state index >= 15 is 0 Å². The van der Waals surface area contributed by atoms with Crippen LogP contribution in [0.2, 0.25) is 0 Å². The molecule has 3 N–H and O–H groups in total. The van der Waals surface area contributed by atoms with E-state index < -0.39 is 42.6 Å². The Morgan fingerprint density at radius 2 is 2.22 bits per heavy atom. The summed E-state index contributed by atoms with van der Waals surface area (Å²) in [4.78, 5) is 12.2. The Morgan fingerprint density at radius 3 is 2.74 bits per heavy atom. The van der Waals surface area contributed by atoms with Crippen LogP contribution >= 0.6 is 0 Å². The van der Waals surface area contributed by atoms with Crippen LogP contribution in [0.3, 0.4) is 0 Å². The summed E-state index contributed by atoms with van der Waals surface area (Å²) in [6, 6.07) is 0. The molecule has 0 bridgehead atoms. The van der Waals surface area contributed by atoms with Crippen LogP contribution in [-0.4, -0.2) is 65.7 Å². The average molecular weight is 330 g/mol. The Kier molecular flexibility index (Phi) is 7.45. The predicted octanol–water partition coefficient (Wildman–Crippen LogP) is -0.329. The first-order valence-electron chi connectivity index (χ1n) is 7.63. The maximum atomic E-state index is 12.2. The van der Waals surface area contributed by atoms with Crippen LogP contribution in [0.1, 0.15) is 26.7 Å². The second kappa shape index (κ2) is 8.62. The van der Waals surface area contributed by atoms with Crippen molar-refractivity contribution in [2.24, 2.45) is 11.8 Å². The highest BCUT2D eigenvalue weighted by atomic mass is 16.7. The highest BCUT2D eigenvalue weighted by Crippen LogP contribution is 2.38. The fourth-order valence-electron chi connectivity index (χ4n) is 2.74. The molecule has 1 saturated heterocycles. The Hall–Kier alpha value is -1.17. The molecular formula is C16H26O7. The van der Waals surface area contributed by atoms with Crippen molar-refractivity contribution < 1.29 is 34.3 Å². The monoisotopic (exact) mass is 330 g/mol. The number of ether oxygens (including phenoxy) is 3. The summed E-state index contributed by atoms with van der Waals surface area (Å²) in [5.41, 5.74) is 0. The summed E-state index contributed by atoms with van der Waals surface area (Å²) in [7, 11) is 1.20. The number of terminal acetylenes is 1. The largest absolute Gasteiger partial charge is 0.465 e. The van der Waals surface area contributed by atoms with E-state index in [1.165, 1.54) is 7.11 Å². The summed E-state index contributed by atoms with van der Waals surface area (Å²) >= 11 is 0. The SMILES string of the molecule is C#CCCOC1(C(=O)OC)CC(O)C(C)C([C@H](C)[C@H](O)CO)O1. The maximum Gasteiger partial charge on any atom is 0.366 e. The Morgan fingerprint density at radius 1 is 1.57 bits per heavy atom. The average Bonchev–Trinajstić information content (AvgIpc) is 2.55. The molecular weight excluding hydrogens is 304 g/mol. The number of aliphatic hydroxyl groups is 3. The van der Waals surface area contributed by atoms with Crippen molar-refractivity contribution >= 4 is 5.97 Å². The van der Waals surface area contributed by atoms with E-state index in [2.05, 4.69) is 5.92 Å². The lowest BCUT2D eigenvalue weighted by Crippen LogP contribution is -2.59. The number of carbonyl (C=O) groups excluding carboxylic acids is 1. The van der Waals surface area contributed by atoms with Gasteiger partial charge in [-0.2, -0.15) is 0 Å². The number of carbonyl (C=O) groups is 1. The topological polar surface area (TPSA) is 105 Å². The van der Waals surface area contributed by atoms with Crippen LogP contribution in [0.5, 0.6) is 0 Å². The number of esters is 1. The minimum Gasteiger partial charge on any atom is -0.465 e. The zero-order valence-electron chi connectivity index (χ0n) is 13.8. The molecule has 0 aromatic carbocycles. The molecule has 132 valence electrons. The van der Waals surface area contributed by atoms with Gasteiger partial charge in [0.2, 0.25) is 0 Å². The molecule has 0 amide bonds. The molecule has 0 aromatic rings. The third kappa shape index (κ3) is 4.43. The summed E-state index contributed by atoms with van der Waals surface area (Å²) in [6.45, 7) is 3.03. The van der Waals surface area contributed by atoms with Crippen LogP contribution in [0, 0.1) is 24.2 Å². The van der Waals surface area contributed by atoms with Crippen molar-refractivity contribution in [3.8, 4) is 12.3 Å². The molecule has 0 aliphatic carbocycles. The summed E-state index contributed by atoms with van der Waals surface area (Å²) < 4.78 is 16.1. The molecule has 0 saturated carbocycles. The molecule has 1 fully saturated rings. The van der Waals surface area contributed by atoms with Crippen molar-refractivity contribution in [1.29, 1.82) is 0 Å². The van der Waals surface area contributed by atoms with Gasteiger partial charge in [-0.05, 0) is 0 Å². The maximum absolute atomic E-state index is 12.2. The molecule has 7 heteroatoms. The predicted molar refractivity (Wildman–Crippen MR) is 81.1 cm³/mol. The van der Waals surface area contributed by atoms with E-state index in [9.17, 15) is 15.0 Å². The number of aliphatic hydroxyl groups excluding tert-OH is 3. The minimum absolute atomic E-state index is 0.0658. The van der Waals surface area contributed by atoms with Crippen LogP contribution in [0.25, 0.3) is 0 Å². The lowest BCUT2D eigenvalue weighted by molar-refractivity contribution is -0.312. The molecule has 1 heterocycles. The third-order valence-corrected chi connectivity index (χ3v) is 4.32. The molecule has 6 atom stereocenters. The van der Waals surface area contributed by atoms with Gasteiger partial charge >= 0.3 is 5.97 Å². The number of rotatable bonds is 7. The summed E-state index contributed by atoms with van der Waals surface area (Å²) in [6.07, 6.45) is 2.71. The molecule has 7 nitrogen and oxygen atoms in total. The van der Waals surface area contributed by atoms with Gasteiger partial charge in [-0.1, -0.05) is 13.8 Å². The lowest BCUT2D eigenvalue weighted by atomic mass is 9.81. The van der Waals surface area contributed by atoms with Gasteiger partial charge in [0.15, 0.2) is 0 Å². The molecule has 0 aromatic heterocycles. The Balaban J connectivity index is 3.06. The van der Waals surface area contributed by atoms with Gasteiger partial charge in [-0.3, -0.25) is 0 Å². The normalized spacial score (nSPS) is 33.5. The van der Waals surface area contributed by atoms with Crippen LogP contribution in [0.4, 0.5) is 0 Å². The first-order chi connectivity index (χ1) is 10.8. The van der Waals surface area contributed by atoms with E-state index in [0.717, 1.165) is 0 Å². The van der Waals surface area contributed by atoms with Crippen molar-refractivity contribution in [3.05, 3.63) is 0 Å². The highest BCUT2D eigenvalue weighted by Gasteiger charge is 2.53. The first kappa shape index (κ1) is 19.9. The Labute approximate surface area is 136 Å². The van der Waals surface area contributed by atoms with Crippen LogP contribution in [-0.2, 0) is 19.0 Å². The minimum atomic E-state index is -1.77. The zero-order chi connectivity index (χ0) is 17.6. The van der Waals surface area contributed by atoms with E-state index in [1.54, 1.807) is 13.8 Å².